The van der Waals surface area contributed by atoms with E-state index in [0.717, 1.165) is 63.0 Å². The van der Waals surface area contributed by atoms with Crippen molar-refractivity contribution < 1.29 is 5.11 Å². The Morgan fingerprint density at radius 3 is 2.60 bits per heavy atom. The topological polar surface area (TPSA) is 64.5 Å². The van der Waals surface area contributed by atoms with Crippen molar-refractivity contribution in [2.45, 2.75) is 19.8 Å². The monoisotopic (exact) mass is 279 g/mol. The van der Waals surface area contributed by atoms with Crippen molar-refractivity contribution in [2.75, 3.05) is 56.6 Å². The quantitative estimate of drug-likeness (QED) is 0.794. The van der Waals surface area contributed by atoms with Gasteiger partial charge in [0, 0.05) is 52.3 Å². The summed E-state index contributed by atoms with van der Waals surface area (Å²) in [5, 5.41) is 12.1. The van der Waals surface area contributed by atoms with Crippen LogP contribution in [-0.4, -0.2) is 66.4 Å². The largest absolute Gasteiger partial charge is 0.395 e. The summed E-state index contributed by atoms with van der Waals surface area (Å²) in [5.41, 5.74) is 0. The van der Waals surface area contributed by atoms with E-state index in [1.165, 1.54) is 0 Å². The van der Waals surface area contributed by atoms with Gasteiger partial charge in [0.25, 0.3) is 0 Å². The maximum atomic E-state index is 8.98. The number of β-amino-alcohol motifs (C(OH)–C–C–N with tert-alkyl or cyclic N) is 1. The highest BCUT2D eigenvalue weighted by molar-refractivity contribution is 5.49. The van der Waals surface area contributed by atoms with E-state index in [4.69, 9.17) is 5.11 Å². The molecule has 1 aliphatic heterocycles. The van der Waals surface area contributed by atoms with Crippen LogP contribution in [0.5, 0.6) is 0 Å². The molecule has 1 aromatic heterocycles. The molecule has 1 fully saturated rings. The van der Waals surface area contributed by atoms with Crippen LogP contribution in [0.25, 0.3) is 0 Å². The molecule has 0 amide bonds. The number of aryl methyl sites for hydroxylation is 1. The second kappa shape index (κ2) is 7.40. The Balaban J connectivity index is 2.06. The van der Waals surface area contributed by atoms with Crippen molar-refractivity contribution >= 4 is 11.6 Å². The molecule has 0 atom stereocenters. The van der Waals surface area contributed by atoms with Crippen molar-refractivity contribution in [3.05, 3.63) is 11.9 Å². The van der Waals surface area contributed by atoms with Crippen LogP contribution in [0, 0.1) is 0 Å². The minimum absolute atomic E-state index is 0.234. The SMILES string of the molecule is CCCc1nc(NC)cc(N2CCN(CCO)CC2)n1. The summed E-state index contributed by atoms with van der Waals surface area (Å²) >= 11 is 0. The molecule has 6 nitrogen and oxygen atoms in total. The molecule has 0 saturated carbocycles. The zero-order chi connectivity index (χ0) is 14.4. The van der Waals surface area contributed by atoms with Crippen LogP contribution >= 0.6 is 0 Å². The normalized spacial score (nSPS) is 16.4. The Hall–Kier alpha value is -1.40. The number of nitrogens with one attached hydrogen (secondary N) is 1. The van der Waals surface area contributed by atoms with E-state index in [1.807, 2.05) is 13.1 Å². The van der Waals surface area contributed by atoms with Crippen LogP contribution < -0.4 is 10.2 Å². The van der Waals surface area contributed by atoms with E-state index < -0.39 is 0 Å². The first-order valence-corrected chi connectivity index (χ1v) is 7.40. The molecule has 0 aromatic carbocycles. The molecule has 0 aliphatic carbocycles. The fraction of sp³-hybridized carbons (Fsp3) is 0.714. The predicted octanol–water partition coefficient (Wildman–Crippen LogP) is 0.585. The number of rotatable bonds is 6. The first kappa shape index (κ1) is 15.0. The molecule has 1 aromatic rings. The molecule has 1 aliphatic rings. The van der Waals surface area contributed by atoms with Gasteiger partial charge >= 0.3 is 0 Å². The van der Waals surface area contributed by atoms with Gasteiger partial charge < -0.3 is 15.3 Å². The Morgan fingerprint density at radius 2 is 2.00 bits per heavy atom. The highest BCUT2D eigenvalue weighted by atomic mass is 16.3. The lowest BCUT2D eigenvalue weighted by atomic mass is 10.3. The standard InChI is InChI=1S/C14H25N5O/c1-3-4-12-16-13(15-2)11-14(17-12)19-7-5-18(6-8-19)9-10-20/h11,20H,3-10H2,1-2H3,(H,15,16,17). The molecule has 2 heterocycles. The molecular weight excluding hydrogens is 254 g/mol. The minimum Gasteiger partial charge on any atom is -0.395 e. The summed E-state index contributed by atoms with van der Waals surface area (Å²) in [6.45, 7) is 6.99. The second-order valence-corrected chi connectivity index (χ2v) is 5.08. The Morgan fingerprint density at radius 1 is 1.25 bits per heavy atom. The van der Waals surface area contributed by atoms with Crippen LogP contribution in [0.3, 0.4) is 0 Å². The summed E-state index contributed by atoms with van der Waals surface area (Å²) in [5.74, 6) is 2.81. The summed E-state index contributed by atoms with van der Waals surface area (Å²) in [7, 11) is 1.89. The van der Waals surface area contributed by atoms with Gasteiger partial charge in [0.1, 0.15) is 17.5 Å². The molecule has 20 heavy (non-hydrogen) atoms. The number of nitrogens with zero attached hydrogens (tertiary/aromatic N) is 4. The van der Waals surface area contributed by atoms with Gasteiger partial charge in [-0.1, -0.05) is 6.92 Å². The number of aliphatic hydroxyl groups is 1. The molecule has 0 bridgehead atoms. The van der Waals surface area contributed by atoms with Crippen LogP contribution in [-0.2, 0) is 6.42 Å². The lowest BCUT2D eigenvalue weighted by Crippen LogP contribution is -2.47. The lowest BCUT2D eigenvalue weighted by molar-refractivity contribution is 0.188. The van der Waals surface area contributed by atoms with Gasteiger partial charge in [-0.2, -0.15) is 0 Å². The van der Waals surface area contributed by atoms with Crippen LogP contribution in [0.1, 0.15) is 19.2 Å². The van der Waals surface area contributed by atoms with Crippen molar-refractivity contribution in [2.24, 2.45) is 0 Å². The van der Waals surface area contributed by atoms with Gasteiger partial charge in [-0.3, -0.25) is 4.90 Å². The minimum atomic E-state index is 0.234. The third kappa shape index (κ3) is 3.80. The molecular formula is C14H25N5O. The fourth-order valence-corrected chi connectivity index (χ4v) is 2.45. The fourth-order valence-electron chi connectivity index (χ4n) is 2.45. The van der Waals surface area contributed by atoms with E-state index in [1.54, 1.807) is 0 Å². The molecule has 0 unspecified atom stereocenters. The number of piperazine rings is 1. The average Bonchev–Trinajstić information content (AvgIpc) is 2.48. The number of aliphatic hydroxyl groups excluding tert-OH is 1. The highest BCUT2D eigenvalue weighted by Gasteiger charge is 2.18. The maximum Gasteiger partial charge on any atom is 0.134 e. The van der Waals surface area contributed by atoms with Gasteiger partial charge in [-0.05, 0) is 6.42 Å². The van der Waals surface area contributed by atoms with E-state index in [-0.39, 0.29) is 6.61 Å². The first-order chi connectivity index (χ1) is 9.76. The first-order valence-electron chi connectivity index (χ1n) is 7.40. The Bertz CT molecular complexity index is 418. The van der Waals surface area contributed by atoms with Crippen molar-refractivity contribution in [3.8, 4) is 0 Å². The van der Waals surface area contributed by atoms with E-state index in [0.29, 0.717) is 0 Å². The van der Waals surface area contributed by atoms with Crippen LogP contribution in [0.15, 0.2) is 6.07 Å². The van der Waals surface area contributed by atoms with E-state index >= 15 is 0 Å². The number of hydrogen-bond acceptors (Lipinski definition) is 6. The summed E-state index contributed by atoms with van der Waals surface area (Å²) in [4.78, 5) is 13.7. The molecule has 2 N–H and O–H groups in total. The van der Waals surface area contributed by atoms with E-state index in [9.17, 15) is 0 Å². The zero-order valence-electron chi connectivity index (χ0n) is 12.5. The average molecular weight is 279 g/mol. The summed E-state index contributed by atoms with van der Waals surface area (Å²) in [6.07, 6.45) is 1.96. The summed E-state index contributed by atoms with van der Waals surface area (Å²) < 4.78 is 0. The van der Waals surface area contributed by atoms with Gasteiger partial charge in [0.15, 0.2) is 0 Å². The Labute approximate surface area is 120 Å². The number of aromatic nitrogens is 2. The molecule has 0 radical (unpaired) electrons. The third-order valence-corrected chi connectivity index (χ3v) is 3.60. The lowest BCUT2D eigenvalue weighted by Gasteiger charge is -2.35. The highest BCUT2D eigenvalue weighted by Crippen LogP contribution is 2.18. The molecule has 2 rings (SSSR count). The van der Waals surface area contributed by atoms with Crippen molar-refractivity contribution in [1.82, 2.24) is 14.9 Å². The molecule has 1 saturated heterocycles. The predicted molar refractivity (Wildman–Crippen MR) is 81.3 cm³/mol. The molecule has 6 heteroatoms. The van der Waals surface area contributed by atoms with Gasteiger partial charge in [0.05, 0.1) is 6.61 Å². The van der Waals surface area contributed by atoms with Crippen LogP contribution in [0.2, 0.25) is 0 Å². The number of hydrogen-bond donors (Lipinski definition) is 2. The Kier molecular flexibility index (Phi) is 5.55. The van der Waals surface area contributed by atoms with Crippen molar-refractivity contribution in [1.29, 1.82) is 0 Å². The zero-order valence-corrected chi connectivity index (χ0v) is 12.5. The van der Waals surface area contributed by atoms with E-state index in [2.05, 4.69) is 32.0 Å². The van der Waals surface area contributed by atoms with Gasteiger partial charge in [-0.25, -0.2) is 9.97 Å². The summed E-state index contributed by atoms with van der Waals surface area (Å²) in [6, 6.07) is 2.01. The van der Waals surface area contributed by atoms with Gasteiger partial charge in [0.2, 0.25) is 0 Å². The van der Waals surface area contributed by atoms with Gasteiger partial charge in [-0.15, -0.1) is 0 Å². The van der Waals surface area contributed by atoms with Crippen LogP contribution in [0.4, 0.5) is 11.6 Å². The van der Waals surface area contributed by atoms with Crippen molar-refractivity contribution in [3.63, 3.8) is 0 Å². The molecule has 0 spiro atoms. The molecule has 112 valence electrons. The third-order valence-electron chi connectivity index (χ3n) is 3.60. The second-order valence-electron chi connectivity index (χ2n) is 5.08. The maximum absolute atomic E-state index is 8.98. The number of anilines is 2. The smallest absolute Gasteiger partial charge is 0.134 e.